The zero-order valence-corrected chi connectivity index (χ0v) is 9.19. The summed E-state index contributed by atoms with van der Waals surface area (Å²) >= 11 is 0. The van der Waals surface area contributed by atoms with E-state index in [1.165, 1.54) is 0 Å². The molecule has 0 aliphatic carbocycles. The van der Waals surface area contributed by atoms with Crippen molar-refractivity contribution >= 4 is 5.88 Å². The molecule has 0 aliphatic heterocycles. The Balaban J connectivity index is 2.57. The lowest BCUT2D eigenvalue weighted by atomic mass is 10.1. The summed E-state index contributed by atoms with van der Waals surface area (Å²) in [4.78, 5) is 1.93. The molecule has 0 spiro atoms. The van der Waals surface area contributed by atoms with Gasteiger partial charge < -0.3 is 9.42 Å². The Labute approximate surface area is 89.3 Å². The zero-order chi connectivity index (χ0) is 10.8. The van der Waals surface area contributed by atoms with Gasteiger partial charge in [-0.05, 0) is 12.5 Å². The molecule has 1 aromatic heterocycles. The quantitative estimate of drug-likeness (QED) is 0.749. The van der Waals surface area contributed by atoms with Gasteiger partial charge >= 0.3 is 0 Å². The van der Waals surface area contributed by atoms with Gasteiger partial charge in [-0.2, -0.15) is 0 Å². The third-order valence-corrected chi connectivity index (χ3v) is 2.31. The summed E-state index contributed by atoms with van der Waals surface area (Å²) in [5, 5.41) is 4.00. The van der Waals surface area contributed by atoms with Crippen LogP contribution in [0.4, 0.5) is 5.88 Å². The van der Waals surface area contributed by atoms with Gasteiger partial charge in [-0.25, -0.2) is 0 Å². The lowest BCUT2D eigenvalue weighted by Gasteiger charge is -2.09. The molecule has 0 radical (unpaired) electrons. The number of aromatic nitrogens is 1. The van der Waals surface area contributed by atoms with Gasteiger partial charge in [0.25, 0.3) is 0 Å². The summed E-state index contributed by atoms with van der Waals surface area (Å²) in [5.41, 5.74) is 3.13. The second kappa shape index (κ2) is 3.77. The summed E-state index contributed by atoms with van der Waals surface area (Å²) in [6, 6.07) is 10.2. The average molecular weight is 202 g/mol. The van der Waals surface area contributed by atoms with E-state index in [0.29, 0.717) is 0 Å². The fraction of sp³-hybridized carbons (Fsp3) is 0.250. The van der Waals surface area contributed by atoms with E-state index in [1.807, 2.05) is 44.1 Å². The Morgan fingerprint density at radius 3 is 2.40 bits per heavy atom. The molecule has 0 bridgehead atoms. The van der Waals surface area contributed by atoms with Crippen molar-refractivity contribution in [1.82, 2.24) is 5.16 Å². The molecule has 0 aliphatic rings. The smallest absolute Gasteiger partial charge is 0.234 e. The summed E-state index contributed by atoms with van der Waals surface area (Å²) in [6.45, 7) is 1.96. The van der Waals surface area contributed by atoms with E-state index in [1.54, 1.807) is 0 Å². The second-order valence-corrected chi connectivity index (χ2v) is 3.71. The summed E-state index contributed by atoms with van der Waals surface area (Å²) in [6.07, 6.45) is 0. The number of benzene rings is 1. The molecule has 0 atom stereocenters. The average Bonchev–Trinajstić information content (AvgIpc) is 2.61. The first-order chi connectivity index (χ1) is 7.20. The molecule has 0 amide bonds. The van der Waals surface area contributed by atoms with Crippen LogP contribution in [-0.4, -0.2) is 19.3 Å². The highest BCUT2D eigenvalue weighted by Crippen LogP contribution is 2.32. The van der Waals surface area contributed by atoms with Gasteiger partial charge in [0.05, 0.1) is 11.3 Å². The van der Waals surface area contributed by atoms with Crippen molar-refractivity contribution < 1.29 is 4.52 Å². The molecule has 1 heterocycles. The van der Waals surface area contributed by atoms with E-state index >= 15 is 0 Å². The van der Waals surface area contributed by atoms with Crippen LogP contribution in [0.2, 0.25) is 0 Å². The lowest BCUT2D eigenvalue weighted by Crippen LogP contribution is -2.08. The second-order valence-electron chi connectivity index (χ2n) is 3.71. The molecule has 3 heteroatoms. The molecule has 0 fully saturated rings. The van der Waals surface area contributed by atoms with Crippen LogP contribution < -0.4 is 4.90 Å². The first-order valence-corrected chi connectivity index (χ1v) is 4.89. The normalized spacial score (nSPS) is 10.3. The summed E-state index contributed by atoms with van der Waals surface area (Å²) in [5.74, 6) is 0.804. The number of hydrogen-bond donors (Lipinski definition) is 0. The highest BCUT2D eigenvalue weighted by Gasteiger charge is 2.15. The van der Waals surface area contributed by atoms with E-state index < -0.39 is 0 Å². The Bertz CT molecular complexity index is 446. The molecule has 0 unspecified atom stereocenters. The minimum atomic E-state index is 0.804. The number of anilines is 1. The fourth-order valence-electron chi connectivity index (χ4n) is 1.60. The standard InChI is InChI=1S/C12H14N2O/c1-9-11(10-7-5-4-6-8-10)12(14(2)3)15-13-9/h4-8H,1-3H3. The van der Waals surface area contributed by atoms with Crippen molar-refractivity contribution in [2.75, 3.05) is 19.0 Å². The third kappa shape index (κ3) is 1.73. The van der Waals surface area contributed by atoms with E-state index in [-0.39, 0.29) is 0 Å². The number of aryl methyl sites for hydroxylation is 1. The van der Waals surface area contributed by atoms with Crippen molar-refractivity contribution in [3.63, 3.8) is 0 Å². The predicted octanol–water partition coefficient (Wildman–Crippen LogP) is 2.72. The van der Waals surface area contributed by atoms with E-state index in [2.05, 4.69) is 17.3 Å². The van der Waals surface area contributed by atoms with Gasteiger partial charge in [-0.15, -0.1) is 0 Å². The molecule has 2 aromatic rings. The predicted molar refractivity (Wildman–Crippen MR) is 61.0 cm³/mol. The van der Waals surface area contributed by atoms with Crippen molar-refractivity contribution in [2.45, 2.75) is 6.92 Å². The zero-order valence-electron chi connectivity index (χ0n) is 9.19. The summed E-state index contributed by atoms with van der Waals surface area (Å²) in [7, 11) is 3.90. The molecular weight excluding hydrogens is 188 g/mol. The van der Waals surface area contributed by atoms with Crippen LogP contribution in [0.1, 0.15) is 5.69 Å². The third-order valence-electron chi connectivity index (χ3n) is 2.31. The fourth-order valence-corrected chi connectivity index (χ4v) is 1.60. The first kappa shape index (κ1) is 9.77. The topological polar surface area (TPSA) is 29.3 Å². The van der Waals surface area contributed by atoms with Crippen LogP contribution in [0.15, 0.2) is 34.9 Å². The first-order valence-electron chi connectivity index (χ1n) is 4.89. The monoisotopic (exact) mass is 202 g/mol. The molecule has 0 saturated heterocycles. The maximum Gasteiger partial charge on any atom is 0.234 e. The lowest BCUT2D eigenvalue weighted by molar-refractivity contribution is 0.419. The van der Waals surface area contributed by atoms with Gasteiger partial charge in [0.2, 0.25) is 5.88 Å². The van der Waals surface area contributed by atoms with Crippen LogP contribution in [-0.2, 0) is 0 Å². The van der Waals surface area contributed by atoms with E-state index in [4.69, 9.17) is 4.52 Å². The minimum Gasteiger partial charge on any atom is -0.346 e. The highest BCUT2D eigenvalue weighted by atomic mass is 16.5. The minimum absolute atomic E-state index is 0.804. The molecule has 0 N–H and O–H groups in total. The Morgan fingerprint density at radius 1 is 1.13 bits per heavy atom. The molecule has 0 saturated carbocycles. The van der Waals surface area contributed by atoms with Gasteiger partial charge in [0, 0.05) is 14.1 Å². The van der Waals surface area contributed by atoms with Crippen molar-refractivity contribution in [2.24, 2.45) is 0 Å². The Morgan fingerprint density at radius 2 is 1.80 bits per heavy atom. The maximum atomic E-state index is 5.29. The number of hydrogen-bond acceptors (Lipinski definition) is 3. The van der Waals surface area contributed by atoms with Crippen molar-refractivity contribution in [3.05, 3.63) is 36.0 Å². The molecule has 1 aromatic carbocycles. The van der Waals surface area contributed by atoms with Crippen LogP contribution in [0.5, 0.6) is 0 Å². The highest BCUT2D eigenvalue weighted by molar-refractivity contribution is 5.76. The SMILES string of the molecule is Cc1noc(N(C)C)c1-c1ccccc1. The molecule has 78 valence electrons. The van der Waals surface area contributed by atoms with Gasteiger partial charge in [-0.1, -0.05) is 35.5 Å². The Kier molecular flexibility index (Phi) is 2.46. The van der Waals surface area contributed by atoms with Crippen LogP contribution in [0.3, 0.4) is 0 Å². The van der Waals surface area contributed by atoms with E-state index in [0.717, 1.165) is 22.7 Å². The molecule has 15 heavy (non-hydrogen) atoms. The maximum absolute atomic E-state index is 5.29. The van der Waals surface area contributed by atoms with Gasteiger partial charge in [0.1, 0.15) is 0 Å². The van der Waals surface area contributed by atoms with Crippen LogP contribution in [0.25, 0.3) is 11.1 Å². The van der Waals surface area contributed by atoms with Crippen LogP contribution in [0, 0.1) is 6.92 Å². The van der Waals surface area contributed by atoms with Crippen LogP contribution >= 0.6 is 0 Å². The number of nitrogens with zero attached hydrogens (tertiary/aromatic N) is 2. The molecule has 3 nitrogen and oxygen atoms in total. The number of rotatable bonds is 2. The Hall–Kier alpha value is -1.77. The van der Waals surface area contributed by atoms with Crippen molar-refractivity contribution in [1.29, 1.82) is 0 Å². The largest absolute Gasteiger partial charge is 0.346 e. The van der Waals surface area contributed by atoms with Gasteiger partial charge in [-0.3, -0.25) is 0 Å². The van der Waals surface area contributed by atoms with E-state index in [9.17, 15) is 0 Å². The molecular formula is C12H14N2O. The van der Waals surface area contributed by atoms with Gasteiger partial charge in [0.15, 0.2) is 0 Å². The molecule has 2 rings (SSSR count). The van der Waals surface area contributed by atoms with Crippen molar-refractivity contribution in [3.8, 4) is 11.1 Å². The summed E-state index contributed by atoms with van der Waals surface area (Å²) < 4.78 is 5.29.